The standard InChI is InChI=1S/C23H25BrN6O3S/c1-3-5-17-15(12-27-22(28-17)33-20(31)13-6-8-25-9-7-13)14-10-16(24)19-18(11-14)29-23(34-19)30-21(32)26-4-2/h3,10-13,25H,1,4-9H2,2H3,(H2,26,29,30,32). The maximum Gasteiger partial charge on any atom is 0.324 e. The number of benzene rings is 1. The summed E-state index contributed by atoms with van der Waals surface area (Å²) in [6, 6.07) is 3.63. The number of carbonyl (C=O) groups excluding carboxylic acids is 2. The fraction of sp³-hybridized carbons (Fsp3) is 0.348. The van der Waals surface area contributed by atoms with Crippen LogP contribution in [0, 0.1) is 5.92 Å². The van der Waals surface area contributed by atoms with Gasteiger partial charge in [-0.3, -0.25) is 10.1 Å². The average Bonchev–Trinajstić information content (AvgIpc) is 3.23. The van der Waals surface area contributed by atoms with Crippen LogP contribution >= 0.6 is 27.3 Å². The number of amides is 2. The molecule has 2 amide bonds. The lowest BCUT2D eigenvalue weighted by Crippen LogP contribution is -2.34. The van der Waals surface area contributed by atoms with E-state index in [2.05, 4.69) is 53.4 Å². The molecule has 0 aliphatic carbocycles. The average molecular weight is 545 g/mol. The highest BCUT2D eigenvalue weighted by atomic mass is 79.9. The van der Waals surface area contributed by atoms with E-state index in [-0.39, 0.29) is 23.9 Å². The number of allylic oxidation sites excluding steroid dienone is 1. The van der Waals surface area contributed by atoms with Gasteiger partial charge in [0.15, 0.2) is 5.13 Å². The lowest BCUT2D eigenvalue weighted by molar-refractivity contribution is -0.140. The molecule has 0 bridgehead atoms. The molecule has 0 unspecified atom stereocenters. The van der Waals surface area contributed by atoms with Crippen molar-refractivity contribution in [3.8, 4) is 17.1 Å². The monoisotopic (exact) mass is 544 g/mol. The van der Waals surface area contributed by atoms with E-state index in [9.17, 15) is 9.59 Å². The lowest BCUT2D eigenvalue weighted by atomic mass is 9.99. The van der Waals surface area contributed by atoms with Crippen LogP contribution in [0.4, 0.5) is 9.93 Å². The van der Waals surface area contributed by atoms with Gasteiger partial charge in [-0.15, -0.1) is 6.58 Å². The number of esters is 1. The molecule has 1 fully saturated rings. The van der Waals surface area contributed by atoms with Crippen molar-refractivity contribution in [3.05, 3.63) is 41.2 Å². The second kappa shape index (κ2) is 11.0. The number of hydrogen-bond acceptors (Lipinski definition) is 8. The van der Waals surface area contributed by atoms with E-state index >= 15 is 0 Å². The number of piperidine rings is 1. The largest absolute Gasteiger partial charge is 0.391 e. The fourth-order valence-corrected chi connectivity index (χ4v) is 5.25. The van der Waals surface area contributed by atoms with Gasteiger partial charge in [0.2, 0.25) is 0 Å². The van der Waals surface area contributed by atoms with Crippen molar-refractivity contribution in [1.29, 1.82) is 0 Å². The Morgan fingerprint density at radius 3 is 2.85 bits per heavy atom. The summed E-state index contributed by atoms with van der Waals surface area (Å²) in [6.07, 6.45) is 5.37. The molecule has 0 spiro atoms. The Morgan fingerprint density at radius 1 is 1.32 bits per heavy atom. The lowest BCUT2D eigenvalue weighted by Gasteiger charge is -2.20. The number of nitrogens with zero attached hydrogens (tertiary/aromatic N) is 3. The molecule has 1 aliphatic rings. The molecule has 4 rings (SSSR count). The fourth-order valence-electron chi connectivity index (χ4n) is 3.72. The van der Waals surface area contributed by atoms with Crippen molar-refractivity contribution >= 4 is 54.6 Å². The van der Waals surface area contributed by atoms with Gasteiger partial charge in [0.25, 0.3) is 0 Å². The number of nitrogens with one attached hydrogen (secondary N) is 3. The van der Waals surface area contributed by atoms with Crippen LogP contribution in [-0.2, 0) is 11.2 Å². The van der Waals surface area contributed by atoms with Gasteiger partial charge in [-0.25, -0.2) is 14.8 Å². The van der Waals surface area contributed by atoms with E-state index < -0.39 is 0 Å². The highest BCUT2D eigenvalue weighted by Gasteiger charge is 2.24. The first-order chi connectivity index (χ1) is 16.5. The van der Waals surface area contributed by atoms with E-state index in [4.69, 9.17) is 4.74 Å². The van der Waals surface area contributed by atoms with Crippen LogP contribution in [0.5, 0.6) is 6.01 Å². The number of carbonyl (C=O) groups is 2. The molecule has 0 radical (unpaired) electrons. The Labute approximate surface area is 209 Å². The van der Waals surface area contributed by atoms with E-state index in [0.717, 1.165) is 51.7 Å². The predicted octanol–water partition coefficient (Wildman–Crippen LogP) is 4.29. The molecule has 1 aromatic carbocycles. The summed E-state index contributed by atoms with van der Waals surface area (Å²) < 4.78 is 7.25. The minimum absolute atomic E-state index is 0.0476. The highest BCUT2D eigenvalue weighted by Crippen LogP contribution is 2.37. The Kier molecular flexibility index (Phi) is 7.86. The topological polar surface area (TPSA) is 118 Å². The predicted molar refractivity (Wildman–Crippen MR) is 136 cm³/mol. The Bertz CT molecular complexity index is 1220. The zero-order valence-electron chi connectivity index (χ0n) is 18.7. The number of halogens is 1. The molecule has 3 heterocycles. The Hall–Kier alpha value is -2.89. The number of urea groups is 1. The third-order valence-electron chi connectivity index (χ3n) is 5.36. The summed E-state index contributed by atoms with van der Waals surface area (Å²) in [6.45, 7) is 7.81. The zero-order valence-corrected chi connectivity index (χ0v) is 21.1. The maximum absolute atomic E-state index is 12.5. The van der Waals surface area contributed by atoms with E-state index in [1.807, 2.05) is 19.1 Å². The number of thiazole rings is 1. The van der Waals surface area contributed by atoms with Crippen molar-refractivity contribution in [1.82, 2.24) is 25.6 Å². The van der Waals surface area contributed by atoms with E-state index in [1.165, 1.54) is 11.3 Å². The molecule has 3 aromatic rings. The van der Waals surface area contributed by atoms with Crippen LogP contribution in [0.25, 0.3) is 21.3 Å². The van der Waals surface area contributed by atoms with Crippen molar-refractivity contribution in [2.75, 3.05) is 25.0 Å². The van der Waals surface area contributed by atoms with Crippen LogP contribution in [0.3, 0.4) is 0 Å². The van der Waals surface area contributed by atoms with Crippen molar-refractivity contribution in [2.45, 2.75) is 26.2 Å². The SMILES string of the molecule is C=CCc1nc(OC(=O)C2CCNCC2)ncc1-c1cc(Br)c2sc(NC(=O)NCC)nc2c1. The first-order valence-corrected chi connectivity index (χ1v) is 12.6. The summed E-state index contributed by atoms with van der Waals surface area (Å²) in [5.41, 5.74) is 3.06. The molecule has 2 aromatic heterocycles. The minimum atomic E-state index is -0.297. The maximum atomic E-state index is 12.5. The van der Waals surface area contributed by atoms with Crippen molar-refractivity contribution < 1.29 is 14.3 Å². The molecular formula is C23H25BrN6O3S. The van der Waals surface area contributed by atoms with Gasteiger partial charge >= 0.3 is 18.0 Å². The Balaban J connectivity index is 1.61. The molecule has 0 saturated carbocycles. The summed E-state index contributed by atoms with van der Waals surface area (Å²) in [7, 11) is 0. The van der Waals surface area contributed by atoms with Gasteiger partial charge in [-0.1, -0.05) is 17.4 Å². The van der Waals surface area contributed by atoms with E-state index in [0.29, 0.717) is 23.8 Å². The van der Waals surface area contributed by atoms with Gasteiger partial charge in [0.1, 0.15) is 0 Å². The van der Waals surface area contributed by atoms with E-state index in [1.54, 1.807) is 12.3 Å². The molecule has 34 heavy (non-hydrogen) atoms. The highest BCUT2D eigenvalue weighted by molar-refractivity contribution is 9.10. The molecule has 9 nitrogen and oxygen atoms in total. The number of anilines is 1. The van der Waals surface area contributed by atoms with Gasteiger partial charge in [0.05, 0.1) is 21.8 Å². The van der Waals surface area contributed by atoms with Crippen LogP contribution in [0.1, 0.15) is 25.5 Å². The van der Waals surface area contributed by atoms with Gasteiger partial charge in [0, 0.05) is 29.2 Å². The smallest absolute Gasteiger partial charge is 0.324 e. The summed E-state index contributed by atoms with van der Waals surface area (Å²) in [4.78, 5) is 37.7. The van der Waals surface area contributed by atoms with Gasteiger partial charge in [-0.2, -0.15) is 4.98 Å². The zero-order chi connectivity index (χ0) is 24.1. The van der Waals surface area contributed by atoms with Crippen molar-refractivity contribution in [2.24, 2.45) is 5.92 Å². The summed E-state index contributed by atoms with van der Waals surface area (Å²) in [5.74, 6) is -0.435. The quantitative estimate of drug-likeness (QED) is 0.300. The normalized spacial score (nSPS) is 14.1. The second-order valence-corrected chi connectivity index (χ2v) is 9.61. The van der Waals surface area contributed by atoms with Crippen molar-refractivity contribution in [3.63, 3.8) is 0 Å². The number of fused-ring (bicyclic) bond motifs is 1. The summed E-state index contributed by atoms with van der Waals surface area (Å²) in [5, 5.41) is 9.18. The third kappa shape index (κ3) is 5.60. The molecule has 1 aliphatic heterocycles. The van der Waals surface area contributed by atoms with Gasteiger partial charge in [-0.05, 0) is 66.5 Å². The number of hydrogen-bond donors (Lipinski definition) is 3. The van der Waals surface area contributed by atoms with Crippen LogP contribution in [-0.4, -0.2) is 46.6 Å². The molecular weight excluding hydrogens is 520 g/mol. The second-order valence-electron chi connectivity index (χ2n) is 7.76. The summed E-state index contributed by atoms with van der Waals surface area (Å²) >= 11 is 5.00. The first-order valence-electron chi connectivity index (χ1n) is 11.0. The molecule has 11 heteroatoms. The first kappa shape index (κ1) is 24.2. The number of aromatic nitrogens is 3. The number of rotatable bonds is 7. The van der Waals surface area contributed by atoms with Crippen LogP contribution in [0.15, 0.2) is 35.5 Å². The van der Waals surface area contributed by atoms with Gasteiger partial charge < -0.3 is 15.4 Å². The van der Waals surface area contributed by atoms with Crippen LogP contribution in [0.2, 0.25) is 0 Å². The molecule has 1 saturated heterocycles. The third-order valence-corrected chi connectivity index (χ3v) is 7.27. The Morgan fingerprint density at radius 2 is 2.12 bits per heavy atom. The molecule has 3 N–H and O–H groups in total. The minimum Gasteiger partial charge on any atom is -0.391 e. The molecule has 178 valence electrons. The number of ether oxygens (including phenoxy) is 1. The molecule has 0 atom stereocenters. The van der Waals surface area contributed by atoms with Crippen LogP contribution < -0.4 is 20.7 Å².